The average molecular weight is 310 g/mol. The lowest BCUT2D eigenvalue weighted by molar-refractivity contribution is -0.115. The van der Waals surface area contributed by atoms with Crippen molar-refractivity contribution in [1.29, 1.82) is 0 Å². The van der Waals surface area contributed by atoms with Gasteiger partial charge in [-0.1, -0.05) is 17.7 Å². The third-order valence-corrected chi connectivity index (χ3v) is 4.27. The number of carbonyl (C=O) groups excluding carboxylic acids is 1. The molecular formula is C16H24ClN3O. The third-order valence-electron chi connectivity index (χ3n) is 4.03. The average Bonchev–Trinajstić information content (AvgIpc) is 2.45. The standard InChI is InChI=1S/C16H24ClN3O/c1-12-3-4-14(17)9-15(12)19-16(21)11-18-10-13-5-7-20(2)8-6-13/h3-4,9,13,18H,5-8,10-11H2,1-2H3,(H,19,21). The van der Waals surface area contributed by atoms with E-state index in [1.165, 1.54) is 12.8 Å². The van der Waals surface area contributed by atoms with E-state index in [-0.39, 0.29) is 5.91 Å². The molecule has 0 atom stereocenters. The van der Waals surface area contributed by atoms with E-state index in [0.717, 1.165) is 30.9 Å². The molecule has 2 rings (SSSR count). The fourth-order valence-corrected chi connectivity index (χ4v) is 2.75. The maximum Gasteiger partial charge on any atom is 0.238 e. The van der Waals surface area contributed by atoms with Gasteiger partial charge in [-0.2, -0.15) is 0 Å². The molecule has 0 saturated carbocycles. The minimum Gasteiger partial charge on any atom is -0.325 e. The van der Waals surface area contributed by atoms with Gasteiger partial charge in [-0.05, 0) is 70.1 Å². The van der Waals surface area contributed by atoms with Gasteiger partial charge in [0.05, 0.1) is 6.54 Å². The highest BCUT2D eigenvalue weighted by Crippen LogP contribution is 2.20. The van der Waals surface area contributed by atoms with Crippen LogP contribution in [0.1, 0.15) is 18.4 Å². The van der Waals surface area contributed by atoms with Crippen molar-refractivity contribution in [3.8, 4) is 0 Å². The van der Waals surface area contributed by atoms with E-state index in [1.807, 2.05) is 19.1 Å². The van der Waals surface area contributed by atoms with Crippen molar-refractivity contribution in [3.63, 3.8) is 0 Å². The van der Waals surface area contributed by atoms with E-state index in [4.69, 9.17) is 11.6 Å². The van der Waals surface area contributed by atoms with E-state index in [9.17, 15) is 4.79 Å². The van der Waals surface area contributed by atoms with Gasteiger partial charge in [-0.25, -0.2) is 0 Å². The summed E-state index contributed by atoms with van der Waals surface area (Å²) >= 11 is 5.95. The van der Waals surface area contributed by atoms with Crippen molar-refractivity contribution in [2.45, 2.75) is 19.8 Å². The zero-order chi connectivity index (χ0) is 15.2. The van der Waals surface area contributed by atoms with Gasteiger partial charge in [0.25, 0.3) is 0 Å². The first kappa shape index (κ1) is 16.3. The van der Waals surface area contributed by atoms with Crippen LogP contribution in [0.5, 0.6) is 0 Å². The van der Waals surface area contributed by atoms with Crippen molar-refractivity contribution in [3.05, 3.63) is 28.8 Å². The molecule has 1 aromatic rings. The topological polar surface area (TPSA) is 44.4 Å². The van der Waals surface area contributed by atoms with Gasteiger partial charge >= 0.3 is 0 Å². The Balaban J connectivity index is 1.71. The Hall–Kier alpha value is -1.10. The van der Waals surface area contributed by atoms with Crippen LogP contribution in [0.4, 0.5) is 5.69 Å². The molecule has 1 saturated heterocycles. The molecule has 1 aromatic carbocycles. The molecule has 21 heavy (non-hydrogen) atoms. The number of anilines is 1. The normalized spacial score (nSPS) is 16.9. The fourth-order valence-electron chi connectivity index (χ4n) is 2.58. The molecule has 1 aliphatic rings. The maximum absolute atomic E-state index is 11.9. The fraction of sp³-hybridized carbons (Fsp3) is 0.562. The molecule has 0 radical (unpaired) electrons. The molecule has 0 unspecified atom stereocenters. The molecule has 1 aliphatic heterocycles. The number of rotatable bonds is 5. The molecule has 0 aromatic heterocycles. The SMILES string of the molecule is Cc1ccc(Cl)cc1NC(=O)CNCC1CCN(C)CC1. The molecule has 2 N–H and O–H groups in total. The van der Waals surface area contributed by atoms with Crippen molar-refractivity contribution in [2.24, 2.45) is 5.92 Å². The summed E-state index contributed by atoms with van der Waals surface area (Å²) < 4.78 is 0. The Morgan fingerprint density at radius 2 is 2.10 bits per heavy atom. The molecule has 116 valence electrons. The minimum absolute atomic E-state index is 0.0201. The van der Waals surface area contributed by atoms with Crippen LogP contribution in [-0.2, 0) is 4.79 Å². The molecular weight excluding hydrogens is 286 g/mol. The van der Waals surface area contributed by atoms with Crippen molar-refractivity contribution in [1.82, 2.24) is 10.2 Å². The number of hydrogen-bond donors (Lipinski definition) is 2. The number of likely N-dealkylation sites (tertiary alicyclic amines) is 1. The monoisotopic (exact) mass is 309 g/mol. The number of piperidine rings is 1. The highest BCUT2D eigenvalue weighted by molar-refractivity contribution is 6.31. The lowest BCUT2D eigenvalue weighted by atomic mass is 9.97. The summed E-state index contributed by atoms with van der Waals surface area (Å²) in [5, 5.41) is 6.80. The van der Waals surface area contributed by atoms with Gasteiger partial charge < -0.3 is 15.5 Å². The summed E-state index contributed by atoms with van der Waals surface area (Å²) in [6.45, 7) is 5.52. The van der Waals surface area contributed by atoms with Gasteiger partial charge in [0.2, 0.25) is 5.91 Å². The van der Waals surface area contributed by atoms with Crippen LogP contribution >= 0.6 is 11.6 Å². The molecule has 0 bridgehead atoms. The first-order valence-corrected chi connectivity index (χ1v) is 7.87. The molecule has 1 amide bonds. The Kier molecular flexibility index (Phi) is 6.03. The predicted octanol–water partition coefficient (Wildman–Crippen LogP) is 2.52. The van der Waals surface area contributed by atoms with Crippen molar-refractivity contribution >= 4 is 23.2 Å². The highest BCUT2D eigenvalue weighted by atomic mass is 35.5. The summed E-state index contributed by atoms with van der Waals surface area (Å²) in [6, 6.07) is 5.51. The maximum atomic E-state index is 11.9. The molecule has 0 spiro atoms. The Bertz CT molecular complexity index is 484. The second-order valence-corrected chi connectivity index (χ2v) is 6.32. The number of benzene rings is 1. The smallest absolute Gasteiger partial charge is 0.238 e. The number of nitrogens with zero attached hydrogens (tertiary/aromatic N) is 1. The van der Waals surface area contributed by atoms with Crippen LogP contribution in [-0.4, -0.2) is 44.0 Å². The van der Waals surface area contributed by atoms with E-state index < -0.39 is 0 Å². The van der Waals surface area contributed by atoms with Crippen molar-refractivity contribution < 1.29 is 4.79 Å². The number of halogens is 1. The van der Waals surface area contributed by atoms with Gasteiger partial charge in [0, 0.05) is 10.7 Å². The van der Waals surface area contributed by atoms with E-state index in [1.54, 1.807) is 6.07 Å². The van der Waals surface area contributed by atoms with Gasteiger partial charge in [-0.15, -0.1) is 0 Å². The zero-order valence-electron chi connectivity index (χ0n) is 12.8. The summed E-state index contributed by atoms with van der Waals surface area (Å²) in [6.07, 6.45) is 2.41. The second kappa shape index (κ2) is 7.78. The quantitative estimate of drug-likeness (QED) is 0.878. The van der Waals surface area contributed by atoms with E-state index >= 15 is 0 Å². The highest BCUT2D eigenvalue weighted by Gasteiger charge is 2.16. The number of amides is 1. The van der Waals surface area contributed by atoms with Crippen LogP contribution in [0.25, 0.3) is 0 Å². The van der Waals surface area contributed by atoms with Crippen LogP contribution < -0.4 is 10.6 Å². The predicted molar refractivity (Wildman–Crippen MR) is 87.9 cm³/mol. The Labute approximate surface area is 131 Å². The first-order chi connectivity index (χ1) is 10.0. The van der Waals surface area contributed by atoms with Crippen LogP contribution in [0.2, 0.25) is 5.02 Å². The van der Waals surface area contributed by atoms with Gasteiger partial charge in [0.1, 0.15) is 0 Å². The number of aryl methyl sites for hydroxylation is 1. The number of hydrogen-bond acceptors (Lipinski definition) is 3. The van der Waals surface area contributed by atoms with Crippen LogP contribution in [0.15, 0.2) is 18.2 Å². The van der Waals surface area contributed by atoms with Crippen LogP contribution in [0, 0.1) is 12.8 Å². The lowest BCUT2D eigenvalue weighted by Gasteiger charge is -2.28. The Morgan fingerprint density at radius 1 is 1.38 bits per heavy atom. The largest absolute Gasteiger partial charge is 0.325 e. The molecule has 1 fully saturated rings. The van der Waals surface area contributed by atoms with Gasteiger partial charge in [0.15, 0.2) is 0 Å². The summed E-state index contributed by atoms with van der Waals surface area (Å²) in [5.41, 5.74) is 1.80. The summed E-state index contributed by atoms with van der Waals surface area (Å²) in [4.78, 5) is 14.3. The summed E-state index contributed by atoms with van der Waals surface area (Å²) in [7, 11) is 2.16. The second-order valence-electron chi connectivity index (χ2n) is 5.88. The first-order valence-electron chi connectivity index (χ1n) is 7.50. The molecule has 1 heterocycles. The number of nitrogens with one attached hydrogen (secondary N) is 2. The molecule has 4 nitrogen and oxygen atoms in total. The zero-order valence-corrected chi connectivity index (χ0v) is 13.5. The molecule has 0 aliphatic carbocycles. The molecule has 5 heteroatoms. The van der Waals surface area contributed by atoms with Crippen molar-refractivity contribution in [2.75, 3.05) is 38.5 Å². The third kappa shape index (κ3) is 5.30. The van der Waals surface area contributed by atoms with E-state index in [2.05, 4.69) is 22.6 Å². The summed E-state index contributed by atoms with van der Waals surface area (Å²) in [5.74, 6) is 0.662. The van der Waals surface area contributed by atoms with E-state index in [0.29, 0.717) is 17.5 Å². The lowest BCUT2D eigenvalue weighted by Crippen LogP contribution is -2.37. The van der Waals surface area contributed by atoms with Crippen LogP contribution in [0.3, 0.4) is 0 Å². The number of carbonyl (C=O) groups is 1. The Morgan fingerprint density at radius 3 is 2.81 bits per heavy atom. The van der Waals surface area contributed by atoms with Gasteiger partial charge in [-0.3, -0.25) is 4.79 Å². The minimum atomic E-state index is -0.0201.